The first kappa shape index (κ1) is 13.3. The minimum absolute atomic E-state index is 0.594. The van der Waals surface area contributed by atoms with E-state index in [9.17, 15) is 0 Å². The largest absolute Gasteiger partial charge is 0.326 e. The molecule has 1 heterocycles. The number of nitrogens with zero attached hydrogens (tertiary/aromatic N) is 1. The number of hydrogen-bond donors (Lipinski definition) is 1. The van der Waals surface area contributed by atoms with Crippen LogP contribution >= 0.6 is 11.3 Å². The van der Waals surface area contributed by atoms with Gasteiger partial charge in [0.1, 0.15) is 0 Å². The van der Waals surface area contributed by atoms with Gasteiger partial charge < -0.3 is 5.73 Å². The predicted octanol–water partition coefficient (Wildman–Crippen LogP) is 3.91. The summed E-state index contributed by atoms with van der Waals surface area (Å²) < 4.78 is 0. The normalized spacial score (nSPS) is 11.1. The number of aryl methyl sites for hydroxylation is 1. The van der Waals surface area contributed by atoms with E-state index in [-0.39, 0.29) is 0 Å². The van der Waals surface area contributed by atoms with Crippen LogP contribution in [0, 0.1) is 0 Å². The summed E-state index contributed by atoms with van der Waals surface area (Å²) in [5, 5.41) is 3.77. The van der Waals surface area contributed by atoms with Gasteiger partial charge in [0.25, 0.3) is 0 Å². The lowest BCUT2D eigenvalue weighted by atomic mass is 10.0. The molecule has 0 saturated carbocycles. The molecule has 0 saturated heterocycles. The highest BCUT2D eigenvalue weighted by Crippen LogP contribution is 2.25. The monoisotopic (exact) mass is 282 g/mol. The fourth-order valence-corrected chi connectivity index (χ4v) is 3.62. The van der Waals surface area contributed by atoms with Crippen LogP contribution in [-0.2, 0) is 19.4 Å². The fraction of sp³-hybridized carbons (Fsp3) is 0.235. The molecule has 2 N–H and O–H groups in total. The van der Waals surface area contributed by atoms with Crippen LogP contribution < -0.4 is 5.73 Å². The number of fused-ring (bicyclic) bond motifs is 1. The zero-order valence-corrected chi connectivity index (χ0v) is 12.4. The van der Waals surface area contributed by atoms with Crippen LogP contribution in [0.5, 0.6) is 0 Å². The van der Waals surface area contributed by atoms with E-state index < -0.39 is 0 Å². The van der Waals surface area contributed by atoms with Crippen LogP contribution in [0.3, 0.4) is 0 Å². The van der Waals surface area contributed by atoms with Gasteiger partial charge in [-0.25, -0.2) is 4.98 Å². The van der Waals surface area contributed by atoms with Crippen molar-refractivity contribution in [2.75, 3.05) is 0 Å². The van der Waals surface area contributed by atoms with Crippen LogP contribution in [0.2, 0.25) is 0 Å². The molecular weight excluding hydrogens is 264 g/mol. The topological polar surface area (TPSA) is 38.9 Å². The van der Waals surface area contributed by atoms with Gasteiger partial charge in [-0.05, 0) is 22.8 Å². The first-order chi connectivity index (χ1) is 9.81. The highest BCUT2D eigenvalue weighted by atomic mass is 32.1. The molecule has 3 rings (SSSR count). The summed E-state index contributed by atoms with van der Waals surface area (Å²) in [7, 11) is 0. The van der Waals surface area contributed by atoms with Gasteiger partial charge in [0.15, 0.2) is 0 Å². The SMILES string of the molecule is CCc1nc(Cc2cccc3ccccc23)sc1CN. The Bertz CT molecular complexity index is 704. The number of benzene rings is 2. The molecule has 0 aliphatic carbocycles. The lowest BCUT2D eigenvalue weighted by Gasteiger charge is -2.04. The van der Waals surface area contributed by atoms with Crippen molar-refractivity contribution in [3.05, 3.63) is 63.6 Å². The van der Waals surface area contributed by atoms with E-state index in [2.05, 4.69) is 49.4 Å². The van der Waals surface area contributed by atoms with Crippen molar-refractivity contribution in [2.24, 2.45) is 5.73 Å². The molecule has 0 bridgehead atoms. The smallest absolute Gasteiger partial charge is 0.0975 e. The first-order valence-corrected chi connectivity index (χ1v) is 7.77. The highest BCUT2D eigenvalue weighted by molar-refractivity contribution is 7.11. The molecule has 0 spiro atoms. The third-order valence-corrected chi connectivity index (χ3v) is 4.68. The average Bonchev–Trinajstić information content (AvgIpc) is 2.90. The summed E-state index contributed by atoms with van der Waals surface area (Å²) in [6.45, 7) is 2.73. The van der Waals surface area contributed by atoms with Gasteiger partial charge in [0.2, 0.25) is 0 Å². The van der Waals surface area contributed by atoms with Crippen molar-refractivity contribution >= 4 is 22.1 Å². The maximum Gasteiger partial charge on any atom is 0.0975 e. The van der Waals surface area contributed by atoms with Gasteiger partial charge in [-0.2, -0.15) is 0 Å². The summed E-state index contributed by atoms with van der Waals surface area (Å²) in [5.74, 6) is 0. The number of aromatic nitrogens is 1. The zero-order valence-electron chi connectivity index (χ0n) is 11.6. The molecule has 0 atom stereocenters. The van der Waals surface area contributed by atoms with Crippen molar-refractivity contribution < 1.29 is 0 Å². The molecule has 102 valence electrons. The van der Waals surface area contributed by atoms with E-state index >= 15 is 0 Å². The van der Waals surface area contributed by atoms with E-state index in [1.54, 1.807) is 11.3 Å². The standard InChI is InChI=1S/C17H18N2S/c1-2-15-16(11-18)20-17(19-15)10-13-8-5-7-12-6-3-4-9-14(12)13/h3-9H,2,10-11,18H2,1H3. The molecule has 20 heavy (non-hydrogen) atoms. The molecule has 1 aromatic heterocycles. The lowest BCUT2D eigenvalue weighted by molar-refractivity contribution is 0.970. The maximum absolute atomic E-state index is 5.79. The summed E-state index contributed by atoms with van der Waals surface area (Å²) in [5.41, 5.74) is 8.29. The Morgan fingerprint density at radius 3 is 2.65 bits per heavy atom. The average molecular weight is 282 g/mol. The molecule has 0 amide bonds. The summed E-state index contributed by atoms with van der Waals surface area (Å²) in [6, 6.07) is 15.0. The molecule has 3 heteroatoms. The number of hydrogen-bond acceptors (Lipinski definition) is 3. The van der Waals surface area contributed by atoms with Gasteiger partial charge in [-0.1, -0.05) is 49.4 Å². The second kappa shape index (κ2) is 5.73. The van der Waals surface area contributed by atoms with Crippen molar-refractivity contribution in [1.82, 2.24) is 4.98 Å². The second-order valence-corrected chi connectivity index (χ2v) is 6.02. The number of nitrogens with two attached hydrogens (primary N) is 1. The van der Waals surface area contributed by atoms with Gasteiger partial charge in [0.05, 0.1) is 10.7 Å². The summed E-state index contributed by atoms with van der Waals surface area (Å²) >= 11 is 1.75. The molecular formula is C17H18N2S. The van der Waals surface area contributed by atoms with Crippen molar-refractivity contribution in [1.29, 1.82) is 0 Å². The zero-order chi connectivity index (χ0) is 13.9. The van der Waals surface area contributed by atoms with Crippen LogP contribution in [0.1, 0.15) is 28.1 Å². The minimum atomic E-state index is 0.594. The lowest BCUT2D eigenvalue weighted by Crippen LogP contribution is -1.97. The van der Waals surface area contributed by atoms with E-state index in [0.717, 1.165) is 18.5 Å². The van der Waals surface area contributed by atoms with E-state index in [0.29, 0.717) is 6.54 Å². The molecule has 0 unspecified atom stereocenters. The Balaban J connectivity index is 1.99. The molecule has 3 aromatic rings. The highest BCUT2D eigenvalue weighted by Gasteiger charge is 2.10. The minimum Gasteiger partial charge on any atom is -0.326 e. The van der Waals surface area contributed by atoms with E-state index in [1.165, 1.54) is 26.2 Å². The van der Waals surface area contributed by atoms with Crippen LogP contribution in [0.4, 0.5) is 0 Å². The van der Waals surface area contributed by atoms with Gasteiger partial charge in [-0.3, -0.25) is 0 Å². The molecule has 0 aliphatic heterocycles. The number of thiazole rings is 1. The summed E-state index contributed by atoms with van der Waals surface area (Å²) in [4.78, 5) is 5.96. The Kier molecular flexibility index (Phi) is 3.81. The number of rotatable bonds is 4. The van der Waals surface area contributed by atoms with Crippen molar-refractivity contribution in [2.45, 2.75) is 26.3 Å². The molecule has 2 aromatic carbocycles. The van der Waals surface area contributed by atoms with Crippen LogP contribution in [0.25, 0.3) is 10.8 Å². The van der Waals surface area contributed by atoms with Crippen molar-refractivity contribution in [3.8, 4) is 0 Å². The van der Waals surface area contributed by atoms with Crippen molar-refractivity contribution in [3.63, 3.8) is 0 Å². The predicted molar refractivity (Wildman–Crippen MR) is 86.1 cm³/mol. The van der Waals surface area contributed by atoms with E-state index in [1.807, 2.05) is 0 Å². The Morgan fingerprint density at radius 1 is 1.10 bits per heavy atom. The third-order valence-electron chi connectivity index (χ3n) is 3.56. The maximum atomic E-state index is 5.79. The van der Waals surface area contributed by atoms with Crippen LogP contribution in [0.15, 0.2) is 42.5 Å². The van der Waals surface area contributed by atoms with Crippen LogP contribution in [-0.4, -0.2) is 4.98 Å². The van der Waals surface area contributed by atoms with E-state index in [4.69, 9.17) is 10.7 Å². The first-order valence-electron chi connectivity index (χ1n) is 6.96. The second-order valence-electron chi connectivity index (χ2n) is 4.85. The van der Waals surface area contributed by atoms with Gasteiger partial charge in [-0.15, -0.1) is 11.3 Å². The Labute approximate surface area is 123 Å². The summed E-state index contributed by atoms with van der Waals surface area (Å²) in [6.07, 6.45) is 1.84. The molecule has 2 nitrogen and oxygen atoms in total. The molecule has 0 aliphatic rings. The fourth-order valence-electron chi connectivity index (χ4n) is 2.56. The molecule has 0 radical (unpaired) electrons. The van der Waals surface area contributed by atoms with Gasteiger partial charge >= 0.3 is 0 Å². The molecule has 0 fully saturated rings. The quantitative estimate of drug-likeness (QED) is 0.788. The third kappa shape index (κ3) is 2.47. The van der Waals surface area contributed by atoms with Gasteiger partial charge in [0, 0.05) is 17.8 Å². The Morgan fingerprint density at radius 2 is 1.90 bits per heavy atom. The Hall–Kier alpha value is -1.71.